The molecule has 0 saturated carbocycles. The third-order valence-corrected chi connectivity index (χ3v) is 4.84. The van der Waals surface area contributed by atoms with Crippen LogP contribution in [-0.2, 0) is 47.7 Å². The Balaban J connectivity index is 4.01. The molecule has 0 bridgehead atoms. The van der Waals surface area contributed by atoms with Gasteiger partial charge in [0.1, 0.15) is 31.1 Å². The van der Waals surface area contributed by atoms with E-state index in [1.54, 1.807) is 0 Å². The molecule has 0 aliphatic carbocycles. The van der Waals surface area contributed by atoms with Crippen molar-refractivity contribution in [2.45, 2.75) is 58.0 Å². The second-order valence-corrected chi connectivity index (χ2v) is 8.38. The summed E-state index contributed by atoms with van der Waals surface area (Å²) < 4.78 is 20.8. The molecule has 0 aromatic rings. The fourth-order valence-corrected chi connectivity index (χ4v) is 2.87. The van der Waals surface area contributed by atoms with Gasteiger partial charge in [-0.15, -0.1) is 0 Å². The van der Waals surface area contributed by atoms with E-state index in [-0.39, 0.29) is 70.3 Å². The van der Waals surface area contributed by atoms with Crippen LogP contribution in [0.1, 0.15) is 46.0 Å². The molecule has 0 aliphatic heterocycles. The van der Waals surface area contributed by atoms with Gasteiger partial charge in [0.25, 0.3) is 0 Å². The Morgan fingerprint density at radius 2 is 1.13 bits per heavy atom. The third-order valence-electron chi connectivity index (χ3n) is 4.84. The second-order valence-electron chi connectivity index (χ2n) is 8.38. The Kier molecular flexibility index (Phi) is 21.0. The lowest BCUT2D eigenvalue weighted by molar-refractivity contribution is -0.144. The van der Waals surface area contributed by atoms with E-state index in [0.29, 0.717) is 19.8 Å². The number of rotatable bonds is 25. The molecule has 0 heterocycles. The topological polar surface area (TPSA) is 216 Å². The number of ketones is 1. The Labute approximate surface area is 227 Å². The van der Waals surface area contributed by atoms with Crippen LogP contribution < -0.4 is 16.0 Å². The van der Waals surface area contributed by atoms with E-state index in [4.69, 9.17) is 24.1 Å². The molecule has 0 saturated heterocycles. The zero-order chi connectivity index (χ0) is 29.5. The van der Waals surface area contributed by atoms with Gasteiger partial charge in [-0.2, -0.15) is 0 Å². The molecule has 0 spiro atoms. The van der Waals surface area contributed by atoms with Crippen molar-refractivity contribution in [2.75, 3.05) is 59.4 Å². The quantitative estimate of drug-likeness (QED) is 0.0834. The molecule has 2 atom stereocenters. The number of amides is 3. The van der Waals surface area contributed by atoms with Gasteiger partial charge in [-0.25, -0.2) is 9.59 Å². The molecule has 3 amide bonds. The van der Waals surface area contributed by atoms with E-state index in [9.17, 15) is 33.9 Å². The molecule has 0 aromatic heterocycles. The van der Waals surface area contributed by atoms with Crippen molar-refractivity contribution in [1.29, 1.82) is 0 Å². The monoisotopic (exact) mass is 563 g/mol. The fourth-order valence-electron chi connectivity index (χ4n) is 2.87. The first-order valence-corrected chi connectivity index (χ1v) is 12.7. The minimum Gasteiger partial charge on any atom is -0.480 e. The van der Waals surface area contributed by atoms with Crippen molar-refractivity contribution in [2.24, 2.45) is 0 Å². The van der Waals surface area contributed by atoms with Crippen LogP contribution >= 0.6 is 0 Å². The van der Waals surface area contributed by atoms with E-state index >= 15 is 0 Å². The molecule has 5 N–H and O–H groups in total. The standard InChI is InChI=1S/C24H41N3O12/c1-3-9-36-11-13-38-15-21(30)25-8-10-37-12-14-39-16-22(31)27-19(24(34)35)6-7-20(29)26-18(23(32)33)5-4-17(2)28/h18-19H,3-16H2,1-2H3,(H,25,30)(H,26,29)(H,27,31)(H,32,33)(H,34,35)/t18-,19-/m0/s1. The van der Waals surface area contributed by atoms with E-state index in [1.807, 2.05) is 6.92 Å². The number of carboxylic acid groups (broad SMARTS) is 2. The SMILES string of the molecule is CCCOCCOCC(=O)NCCOCCOCC(=O)N[C@@H](CCC(=O)N[C@@H](CCC(C)=O)C(=O)O)C(=O)O. The molecule has 224 valence electrons. The Morgan fingerprint density at radius 1 is 0.641 bits per heavy atom. The van der Waals surface area contributed by atoms with Gasteiger partial charge in [-0.1, -0.05) is 6.92 Å². The number of nitrogens with one attached hydrogen (secondary N) is 3. The molecule has 0 radical (unpaired) electrons. The molecule has 0 fully saturated rings. The largest absolute Gasteiger partial charge is 0.480 e. The predicted octanol–water partition coefficient (Wildman–Crippen LogP) is -1.13. The number of carbonyl (C=O) groups is 6. The number of ether oxygens (including phenoxy) is 4. The van der Waals surface area contributed by atoms with Gasteiger partial charge in [0.15, 0.2) is 0 Å². The number of hydrogen-bond donors (Lipinski definition) is 5. The average molecular weight is 564 g/mol. The third kappa shape index (κ3) is 21.5. The second kappa shape index (κ2) is 22.8. The molecule has 39 heavy (non-hydrogen) atoms. The van der Waals surface area contributed by atoms with Crippen molar-refractivity contribution < 1.29 is 57.9 Å². The highest BCUT2D eigenvalue weighted by Gasteiger charge is 2.24. The zero-order valence-corrected chi connectivity index (χ0v) is 22.5. The maximum Gasteiger partial charge on any atom is 0.326 e. The summed E-state index contributed by atoms with van der Waals surface area (Å²) in [6.45, 7) is 4.80. The Morgan fingerprint density at radius 3 is 1.67 bits per heavy atom. The van der Waals surface area contributed by atoms with Gasteiger partial charge in [-0.05, 0) is 26.2 Å². The van der Waals surface area contributed by atoms with E-state index in [0.717, 1.165) is 6.42 Å². The lowest BCUT2D eigenvalue weighted by atomic mass is 10.1. The van der Waals surface area contributed by atoms with Crippen LogP contribution in [0.3, 0.4) is 0 Å². The van der Waals surface area contributed by atoms with Crippen molar-refractivity contribution in [3.8, 4) is 0 Å². The van der Waals surface area contributed by atoms with Crippen molar-refractivity contribution in [1.82, 2.24) is 16.0 Å². The lowest BCUT2D eigenvalue weighted by Gasteiger charge is -2.16. The lowest BCUT2D eigenvalue weighted by Crippen LogP contribution is -2.45. The average Bonchev–Trinajstić information content (AvgIpc) is 2.87. The van der Waals surface area contributed by atoms with Gasteiger partial charge < -0.3 is 49.9 Å². The summed E-state index contributed by atoms with van der Waals surface area (Å²) in [6.07, 6.45) is 0.161. The first kappa shape index (κ1) is 35.9. The van der Waals surface area contributed by atoms with Gasteiger partial charge in [-0.3, -0.25) is 14.4 Å². The molecule has 0 aliphatic rings. The molecule has 15 nitrogen and oxygen atoms in total. The van der Waals surface area contributed by atoms with Crippen molar-refractivity contribution in [3.05, 3.63) is 0 Å². The highest BCUT2D eigenvalue weighted by molar-refractivity contribution is 5.86. The maximum absolute atomic E-state index is 12.0. The molecule has 15 heteroatoms. The molecular weight excluding hydrogens is 522 g/mol. The predicted molar refractivity (Wildman–Crippen MR) is 135 cm³/mol. The summed E-state index contributed by atoms with van der Waals surface area (Å²) in [7, 11) is 0. The van der Waals surface area contributed by atoms with Gasteiger partial charge in [0.2, 0.25) is 17.7 Å². The summed E-state index contributed by atoms with van der Waals surface area (Å²) in [6, 6.07) is -2.67. The summed E-state index contributed by atoms with van der Waals surface area (Å²) in [4.78, 5) is 69.2. The number of hydrogen-bond acceptors (Lipinski definition) is 10. The summed E-state index contributed by atoms with van der Waals surface area (Å²) in [5, 5.41) is 25.5. The molecule has 0 aromatic carbocycles. The van der Waals surface area contributed by atoms with Crippen LogP contribution in [0.4, 0.5) is 0 Å². The van der Waals surface area contributed by atoms with Crippen LogP contribution in [0.2, 0.25) is 0 Å². The van der Waals surface area contributed by atoms with Gasteiger partial charge >= 0.3 is 11.9 Å². The highest BCUT2D eigenvalue weighted by atomic mass is 16.5. The first-order chi connectivity index (χ1) is 18.6. The van der Waals surface area contributed by atoms with Crippen LogP contribution in [-0.4, -0.2) is 117 Å². The minimum absolute atomic E-state index is 0.0299. The first-order valence-electron chi connectivity index (χ1n) is 12.7. The van der Waals surface area contributed by atoms with Crippen molar-refractivity contribution >= 4 is 35.4 Å². The fraction of sp³-hybridized carbons (Fsp3) is 0.750. The smallest absolute Gasteiger partial charge is 0.326 e. The normalized spacial score (nSPS) is 12.3. The van der Waals surface area contributed by atoms with E-state index in [1.165, 1.54) is 6.92 Å². The van der Waals surface area contributed by atoms with Crippen LogP contribution in [0, 0.1) is 0 Å². The van der Waals surface area contributed by atoms with Crippen LogP contribution in [0.5, 0.6) is 0 Å². The Bertz CT molecular complexity index is 777. The number of Topliss-reactive ketones (excluding diaryl/α,β-unsaturated/α-hetero) is 1. The maximum atomic E-state index is 12.0. The van der Waals surface area contributed by atoms with E-state index in [2.05, 4.69) is 16.0 Å². The summed E-state index contributed by atoms with van der Waals surface area (Å²) >= 11 is 0. The summed E-state index contributed by atoms with van der Waals surface area (Å²) in [5.41, 5.74) is 0. The molecule has 0 unspecified atom stereocenters. The summed E-state index contributed by atoms with van der Waals surface area (Å²) in [5.74, 6) is -4.65. The van der Waals surface area contributed by atoms with Crippen LogP contribution in [0.15, 0.2) is 0 Å². The molecule has 0 rings (SSSR count). The zero-order valence-electron chi connectivity index (χ0n) is 22.5. The number of aliphatic carboxylic acids is 2. The van der Waals surface area contributed by atoms with E-state index < -0.39 is 42.4 Å². The highest BCUT2D eigenvalue weighted by Crippen LogP contribution is 2.03. The van der Waals surface area contributed by atoms with Gasteiger partial charge in [0.05, 0.1) is 33.0 Å². The number of carbonyl (C=O) groups excluding carboxylic acids is 4. The minimum atomic E-state index is -1.39. The Hall–Kier alpha value is -3.14. The number of carboxylic acids is 2. The van der Waals surface area contributed by atoms with Gasteiger partial charge in [0, 0.05) is 26.0 Å². The molecular formula is C24H41N3O12. The van der Waals surface area contributed by atoms with Crippen molar-refractivity contribution in [3.63, 3.8) is 0 Å². The van der Waals surface area contributed by atoms with Crippen LogP contribution in [0.25, 0.3) is 0 Å².